The molecule has 1 atom stereocenters. The van der Waals surface area contributed by atoms with Crippen molar-refractivity contribution in [2.45, 2.75) is 33.4 Å². The Balaban J connectivity index is 2.39. The van der Waals surface area contributed by atoms with Crippen molar-refractivity contribution in [2.24, 2.45) is 5.92 Å². The summed E-state index contributed by atoms with van der Waals surface area (Å²) in [5.74, 6) is 0.603. The van der Waals surface area contributed by atoms with Crippen LogP contribution in [-0.2, 0) is 11.3 Å². The van der Waals surface area contributed by atoms with E-state index < -0.39 is 0 Å². The van der Waals surface area contributed by atoms with Crippen LogP contribution in [-0.4, -0.2) is 19.8 Å². The molecular weight excluding hydrogens is 206 g/mol. The van der Waals surface area contributed by atoms with E-state index in [9.17, 15) is 0 Å². The Kier molecular flexibility index (Phi) is 5.29. The zero-order valence-electron chi connectivity index (χ0n) is 10.0. The second-order valence-electron chi connectivity index (χ2n) is 4.20. The Labute approximate surface area is 96.7 Å². The highest BCUT2D eigenvalue weighted by molar-refractivity contribution is 7.11. The fourth-order valence-corrected chi connectivity index (χ4v) is 2.32. The van der Waals surface area contributed by atoms with Gasteiger partial charge < -0.3 is 10.1 Å². The summed E-state index contributed by atoms with van der Waals surface area (Å²) in [6, 6.07) is 4.80. The number of rotatable bonds is 6. The fourth-order valence-electron chi connectivity index (χ4n) is 1.48. The second-order valence-corrected chi connectivity index (χ2v) is 5.57. The molecule has 0 aliphatic rings. The van der Waals surface area contributed by atoms with Crippen LogP contribution in [0, 0.1) is 12.8 Å². The van der Waals surface area contributed by atoms with E-state index in [-0.39, 0.29) is 0 Å². The summed E-state index contributed by atoms with van der Waals surface area (Å²) in [5, 5.41) is 3.54. The highest BCUT2D eigenvalue weighted by atomic mass is 32.1. The van der Waals surface area contributed by atoms with Gasteiger partial charge in [-0.1, -0.05) is 13.8 Å². The molecule has 1 rings (SSSR count). The summed E-state index contributed by atoms with van der Waals surface area (Å²) in [7, 11) is 1.76. The van der Waals surface area contributed by atoms with Crippen molar-refractivity contribution in [3.05, 3.63) is 21.9 Å². The maximum Gasteiger partial charge on any atom is 0.0618 e. The lowest BCUT2D eigenvalue weighted by atomic mass is 10.1. The molecule has 0 aliphatic carbocycles. The Morgan fingerprint density at radius 3 is 2.60 bits per heavy atom. The lowest BCUT2D eigenvalue weighted by Gasteiger charge is -2.21. The standard InChI is InChI=1S/C12H21NOS/c1-9(2)12(8-14-4)13-7-11-6-5-10(3)15-11/h5-6,9,12-13H,7-8H2,1-4H3. The number of nitrogens with one attached hydrogen (secondary N) is 1. The summed E-state index contributed by atoms with van der Waals surface area (Å²) in [6.07, 6.45) is 0. The summed E-state index contributed by atoms with van der Waals surface area (Å²) < 4.78 is 5.20. The molecule has 86 valence electrons. The van der Waals surface area contributed by atoms with E-state index in [4.69, 9.17) is 4.74 Å². The molecule has 0 spiro atoms. The van der Waals surface area contributed by atoms with Crippen LogP contribution < -0.4 is 5.32 Å². The lowest BCUT2D eigenvalue weighted by molar-refractivity contribution is 0.146. The van der Waals surface area contributed by atoms with Gasteiger partial charge in [-0.15, -0.1) is 11.3 Å². The SMILES string of the molecule is COCC(NCc1ccc(C)s1)C(C)C. The summed E-state index contributed by atoms with van der Waals surface area (Å²) in [4.78, 5) is 2.77. The molecule has 0 amide bonds. The Bertz CT molecular complexity index is 283. The van der Waals surface area contributed by atoms with Crippen molar-refractivity contribution < 1.29 is 4.74 Å². The maximum atomic E-state index is 5.20. The summed E-state index contributed by atoms with van der Waals surface area (Å²) >= 11 is 1.86. The molecule has 3 heteroatoms. The molecule has 0 bridgehead atoms. The van der Waals surface area contributed by atoms with E-state index in [1.165, 1.54) is 9.75 Å². The van der Waals surface area contributed by atoms with Crippen LogP contribution in [0.3, 0.4) is 0 Å². The molecule has 1 aromatic rings. The zero-order valence-corrected chi connectivity index (χ0v) is 10.9. The third kappa shape index (κ3) is 4.33. The quantitative estimate of drug-likeness (QED) is 0.807. The molecule has 1 N–H and O–H groups in total. The first kappa shape index (κ1) is 12.7. The normalized spacial score (nSPS) is 13.4. The number of aryl methyl sites for hydroxylation is 1. The van der Waals surface area contributed by atoms with Crippen molar-refractivity contribution in [3.63, 3.8) is 0 Å². The minimum Gasteiger partial charge on any atom is -0.383 e. The van der Waals surface area contributed by atoms with E-state index in [0.29, 0.717) is 12.0 Å². The van der Waals surface area contributed by atoms with E-state index >= 15 is 0 Å². The van der Waals surface area contributed by atoms with Crippen LogP contribution in [0.25, 0.3) is 0 Å². The number of hydrogen-bond donors (Lipinski definition) is 1. The first-order chi connectivity index (χ1) is 7.13. The van der Waals surface area contributed by atoms with E-state index in [2.05, 4.69) is 38.2 Å². The van der Waals surface area contributed by atoms with Gasteiger partial charge in [0.1, 0.15) is 0 Å². The molecule has 2 nitrogen and oxygen atoms in total. The molecule has 1 unspecified atom stereocenters. The van der Waals surface area contributed by atoms with Gasteiger partial charge in [0.2, 0.25) is 0 Å². The topological polar surface area (TPSA) is 21.3 Å². The highest BCUT2D eigenvalue weighted by Crippen LogP contribution is 2.15. The number of ether oxygens (including phenoxy) is 1. The predicted molar refractivity (Wildman–Crippen MR) is 66.4 cm³/mol. The van der Waals surface area contributed by atoms with Crippen LogP contribution in [0.2, 0.25) is 0 Å². The molecule has 0 radical (unpaired) electrons. The van der Waals surface area contributed by atoms with E-state index in [1.807, 2.05) is 11.3 Å². The molecule has 0 fully saturated rings. The second kappa shape index (κ2) is 6.26. The molecular formula is C12H21NOS. The van der Waals surface area contributed by atoms with E-state index in [1.54, 1.807) is 7.11 Å². The van der Waals surface area contributed by atoms with Gasteiger partial charge in [-0.25, -0.2) is 0 Å². The maximum absolute atomic E-state index is 5.20. The Hall–Kier alpha value is -0.380. The Morgan fingerprint density at radius 2 is 2.13 bits per heavy atom. The molecule has 0 saturated carbocycles. The average molecular weight is 227 g/mol. The first-order valence-corrected chi connectivity index (χ1v) is 6.22. The minimum absolute atomic E-state index is 0.442. The lowest BCUT2D eigenvalue weighted by Crippen LogP contribution is -2.37. The van der Waals surface area contributed by atoms with Gasteiger partial charge in [-0.2, -0.15) is 0 Å². The third-order valence-electron chi connectivity index (χ3n) is 2.49. The predicted octanol–water partition coefficient (Wildman–Crippen LogP) is 2.82. The van der Waals surface area contributed by atoms with Gasteiger partial charge in [-0.05, 0) is 25.0 Å². The number of thiophene rings is 1. The molecule has 0 saturated heterocycles. The van der Waals surface area contributed by atoms with Gasteiger partial charge in [0.05, 0.1) is 6.61 Å². The van der Waals surface area contributed by atoms with Gasteiger partial charge in [0.25, 0.3) is 0 Å². The molecule has 0 aliphatic heterocycles. The molecule has 15 heavy (non-hydrogen) atoms. The average Bonchev–Trinajstić information content (AvgIpc) is 2.58. The Morgan fingerprint density at radius 1 is 1.40 bits per heavy atom. The van der Waals surface area contributed by atoms with Gasteiger partial charge in [0, 0.05) is 29.5 Å². The summed E-state index contributed by atoms with van der Waals surface area (Å²) in [5.41, 5.74) is 0. The van der Waals surface area contributed by atoms with Crippen LogP contribution in [0.4, 0.5) is 0 Å². The smallest absolute Gasteiger partial charge is 0.0618 e. The van der Waals surface area contributed by atoms with Gasteiger partial charge in [0.15, 0.2) is 0 Å². The van der Waals surface area contributed by atoms with Crippen molar-refractivity contribution in [1.29, 1.82) is 0 Å². The van der Waals surface area contributed by atoms with Crippen LogP contribution in [0.15, 0.2) is 12.1 Å². The monoisotopic (exact) mass is 227 g/mol. The molecule has 1 aromatic heterocycles. The highest BCUT2D eigenvalue weighted by Gasteiger charge is 2.12. The first-order valence-electron chi connectivity index (χ1n) is 5.41. The van der Waals surface area contributed by atoms with Gasteiger partial charge >= 0.3 is 0 Å². The van der Waals surface area contributed by atoms with Crippen molar-refractivity contribution in [3.8, 4) is 0 Å². The molecule has 0 aromatic carbocycles. The molecule has 1 heterocycles. The number of hydrogen-bond acceptors (Lipinski definition) is 3. The number of methoxy groups -OCH3 is 1. The third-order valence-corrected chi connectivity index (χ3v) is 3.49. The van der Waals surface area contributed by atoms with Gasteiger partial charge in [-0.3, -0.25) is 0 Å². The van der Waals surface area contributed by atoms with E-state index in [0.717, 1.165) is 13.2 Å². The zero-order chi connectivity index (χ0) is 11.3. The van der Waals surface area contributed by atoms with Crippen LogP contribution in [0.5, 0.6) is 0 Å². The summed E-state index contributed by atoms with van der Waals surface area (Å²) in [6.45, 7) is 8.31. The van der Waals surface area contributed by atoms with Crippen molar-refractivity contribution >= 4 is 11.3 Å². The minimum atomic E-state index is 0.442. The fraction of sp³-hybridized carbons (Fsp3) is 0.667. The van der Waals surface area contributed by atoms with Crippen molar-refractivity contribution in [2.75, 3.05) is 13.7 Å². The van der Waals surface area contributed by atoms with Crippen LogP contribution >= 0.6 is 11.3 Å². The largest absolute Gasteiger partial charge is 0.383 e. The van der Waals surface area contributed by atoms with Crippen molar-refractivity contribution in [1.82, 2.24) is 5.32 Å². The van der Waals surface area contributed by atoms with Crippen LogP contribution in [0.1, 0.15) is 23.6 Å².